The predicted molar refractivity (Wildman–Crippen MR) is 47.8 cm³/mol. The molecular weight excluding hydrogens is 160 g/mol. The highest BCUT2D eigenvalue weighted by Crippen LogP contribution is 2.13. The first kappa shape index (κ1) is 8.37. The third-order valence-electron chi connectivity index (χ3n) is 1.23. The summed E-state index contributed by atoms with van der Waals surface area (Å²) < 4.78 is 0. The quantitative estimate of drug-likeness (QED) is 0.720. The number of hydrogen-bond acceptors (Lipinski definition) is 2. The fourth-order valence-corrected chi connectivity index (χ4v) is 0.942. The van der Waals surface area contributed by atoms with E-state index in [1.807, 2.05) is 12.1 Å². The zero-order valence-electron chi connectivity index (χ0n) is 6.10. The molecule has 1 rings (SSSR count). The highest BCUT2D eigenvalue weighted by atomic mass is 35.5. The van der Waals surface area contributed by atoms with Crippen LogP contribution in [0, 0.1) is 6.07 Å². The number of hydrogen-bond donors (Lipinski definition) is 2. The molecule has 1 aromatic rings. The van der Waals surface area contributed by atoms with Gasteiger partial charge in [-0.3, -0.25) is 0 Å². The number of rotatable bonds is 3. The minimum absolute atomic E-state index is 0.618. The van der Waals surface area contributed by atoms with Gasteiger partial charge < -0.3 is 11.1 Å². The highest BCUT2D eigenvalue weighted by Gasteiger charge is 1.90. The molecule has 3 heteroatoms. The molecule has 0 unspecified atom stereocenters. The second kappa shape index (κ2) is 4.21. The van der Waals surface area contributed by atoms with Crippen molar-refractivity contribution in [3.05, 3.63) is 29.3 Å². The molecule has 0 saturated heterocycles. The molecule has 0 aliphatic rings. The lowest BCUT2D eigenvalue weighted by Crippen LogP contribution is -2.12. The SMILES string of the molecule is NCCNc1c[c]cc(Cl)c1. The van der Waals surface area contributed by atoms with Gasteiger partial charge in [0.15, 0.2) is 0 Å². The van der Waals surface area contributed by atoms with Gasteiger partial charge in [0.1, 0.15) is 0 Å². The van der Waals surface area contributed by atoms with Gasteiger partial charge >= 0.3 is 0 Å². The van der Waals surface area contributed by atoms with Crippen LogP contribution >= 0.6 is 11.6 Å². The molecule has 11 heavy (non-hydrogen) atoms. The van der Waals surface area contributed by atoms with Crippen molar-refractivity contribution in [2.75, 3.05) is 18.4 Å². The van der Waals surface area contributed by atoms with E-state index in [4.69, 9.17) is 17.3 Å². The fourth-order valence-electron chi connectivity index (χ4n) is 0.762. The number of nitrogens with one attached hydrogen (secondary N) is 1. The molecular formula is C8H10ClN2. The van der Waals surface area contributed by atoms with Crippen molar-refractivity contribution in [2.24, 2.45) is 5.73 Å². The Bertz CT molecular complexity index is 225. The van der Waals surface area contributed by atoms with E-state index in [0.717, 1.165) is 12.2 Å². The van der Waals surface area contributed by atoms with Gasteiger partial charge in [0.25, 0.3) is 0 Å². The Labute approximate surface area is 71.4 Å². The van der Waals surface area contributed by atoms with Gasteiger partial charge in [0.2, 0.25) is 0 Å². The summed E-state index contributed by atoms with van der Waals surface area (Å²) in [5, 5.41) is 3.78. The van der Waals surface area contributed by atoms with E-state index >= 15 is 0 Å². The van der Waals surface area contributed by atoms with Crippen LogP contribution in [0.3, 0.4) is 0 Å². The van der Waals surface area contributed by atoms with E-state index in [0.29, 0.717) is 11.6 Å². The molecule has 1 radical (unpaired) electrons. The zero-order chi connectivity index (χ0) is 8.10. The van der Waals surface area contributed by atoms with Gasteiger partial charge in [-0.2, -0.15) is 0 Å². The van der Waals surface area contributed by atoms with Crippen molar-refractivity contribution in [2.45, 2.75) is 0 Å². The summed E-state index contributed by atoms with van der Waals surface area (Å²) >= 11 is 5.72. The normalized spacial score (nSPS) is 9.64. The highest BCUT2D eigenvalue weighted by molar-refractivity contribution is 6.30. The van der Waals surface area contributed by atoms with Gasteiger partial charge in [0.05, 0.1) is 0 Å². The minimum Gasteiger partial charge on any atom is -0.384 e. The van der Waals surface area contributed by atoms with Crippen LogP contribution in [0.4, 0.5) is 5.69 Å². The van der Waals surface area contributed by atoms with Gasteiger partial charge in [-0.15, -0.1) is 0 Å². The second-order valence-corrected chi connectivity index (χ2v) is 2.59. The average Bonchev–Trinajstić information content (AvgIpc) is 2.01. The molecule has 0 bridgehead atoms. The number of halogens is 1. The molecule has 0 spiro atoms. The Morgan fingerprint density at radius 1 is 1.55 bits per heavy atom. The van der Waals surface area contributed by atoms with Crippen LogP contribution < -0.4 is 11.1 Å². The van der Waals surface area contributed by atoms with Crippen LogP contribution in [0.15, 0.2) is 18.2 Å². The molecule has 3 N–H and O–H groups in total. The lowest BCUT2D eigenvalue weighted by Gasteiger charge is -2.03. The zero-order valence-corrected chi connectivity index (χ0v) is 6.86. The van der Waals surface area contributed by atoms with E-state index in [1.165, 1.54) is 0 Å². The maximum absolute atomic E-state index is 5.72. The molecule has 0 aromatic heterocycles. The molecule has 0 fully saturated rings. The van der Waals surface area contributed by atoms with Crippen LogP contribution in [-0.4, -0.2) is 13.1 Å². The first-order valence-corrected chi connectivity index (χ1v) is 3.81. The van der Waals surface area contributed by atoms with Crippen LogP contribution in [0.25, 0.3) is 0 Å². The smallest absolute Gasteiger partial charge is 0.0432 e. The molecule has 1 aromatic carbocycles. The maximum Gasteiger partial charge on any atom is 0.0432 e. The van der Waals surface area contributed by atoms with E-state index in [2.05, 4.69) is 11.4 Å². The Kier molecular flexibility index (Phi) is 3.20. The lowest BCUT2D eigenvalue weighted by atomic mass is 10.3. The van der Waals surface area contributed by atoms with Crippen LogP contribution in [-0.2, 0) is 0 Å². The number of anilines is 1. The summed E-state index contributed by atoms with van der Waals surface area (Å²) in [6.07, 6.45) is 0. The van der Waals surface area contributed by atoms with Gasteiger partial charge in [-0.1, -0.05) is 11.6 Å². The molecule has 0 aliphatic carbocycles. The Morgan fingerprint density at radius 2 is 2.36 bits per heavy atom. The molecule has 59 valence electrons. The fraction of sp³-hybridized carbons (Fsp3) is 0.250. The maximum atomic E-state index is 5.72. The number of benzene rings is 1. The van der Waals surface area contributed by atoms with Crippen LogP contribution in [0.5, 0.6) is 0 Å². The van der Waals surface area contributed by atoms with Crippen molar-refractivity contribution in [1.82, 2.24) is 0 Å². The molecule has 0 amide bonds. The standard InChI is InChI=1S/C8H10ClN2/c9-7-2-1-3-8(6-7)11-5-4-10/h2-3,6,11H,4-5,10H2. The van der Waals surface area contributed by atoms with Gasteiger partial charge in [-0.25, -0.2) is 0 Å². The Balaban J connectivity index is 2.56. The van der Waals surface area contributed by atoms with Crippen LogP contribution in [0.2, 0.25) is 5.02 Å². The average molecular weight is 170 g/mol. The third kappa shape index (κ3) is 2.78. The lowest BCUT2D eigenvalue weighted by molar-refractivity contribution is 1.02. The van der Waals surface area contributed by atoms with E-state index < -0.39 is 0 Å². The monoisotopic (exact) mass is 169 g/mol. The number of nitrogens with two attached hydrogens (primary N) is 1. The van der Waals surface area contributed by atoms with E-state index in [9.17, 15) is 0 Å². The molecule has 0 atom stereocenters. The Morgan fingerprint density at radius 3 is 3.00 bits per heavy atom. The van der Waals surface area contributed by atoms with E-state index in [1.54, 1.807) is 6.07 Å². The molecule has 0 heterocycles. The van der Waals surface area contributed by atoms with Crippen LogP contribution in [0.1, 0.15) is 0 Å². The molecule has 0 saturated carbocycles. The van der Waals surface area contributed by atoms with Crippen molar-refractivity contribution in [1.29, 1.82) is 0 Å². The van der Waals surface area contributed by atoms with Gasteiger partial charge in [0, 0.05) is 23.8 Å². The summed E-state index contributed by atoms with van der Waals surface area (Å²) in [7, 11) is 0. The molecule has 0 aliphatic heterocycles. The first-order valence-electron chi connectivity index (χ1n) is 3.43. The third-order valence-corrected chi connectivity index (χ3v) is 1.45. The second-order valence-electron chi connectivity index (χ2n) is 2.16. The summed E-state index contributed by atoms with van der Waals surface area (Å²) in [6.45, 7) is 1.38. The molecule has 2 nitrogen and oxygen atoms in total. The van der Waals surface area contributed by atoms with Gasteiger partial charge in [-0.05, 0) is 24.3 Å². The van der Waals surface area contributed by atoms with Crippen molar-refractivity contribution in [3.8, 4) is 0 Å². The topological polar surface area (TPSA) is 38.0 Å². The largest absolute Gasteiger partial charge is 0.384 e. The Hall–Kier alpha value is -0.730. The predicted octanol–water partition coefficient (Wildman–Crippen LogP) is 1.51. The summed E-state index contributed by atoms with van der Waals surface area (Å²) in [5.74, 6) is 0. The first-order chi connectivity index (χ1) is 5.33. The summed E-state index contributed by atoms with van der Waals surface area (Å²) in [5.41, 5.74) is 6.27. The van der Waals surface area contributed by atoms with Crippen molar-refractivity contribution in [3.63, 3.8) is 0 Å². The minimum atomic E-state index is 0.618. The van der Waals surface area contributed by atoms with Crippen molar-refractivity contribution >= 4 is 17.3 Å². The van der Waals surface area contributed by atoms with E-state index in [-0.39, 0.29) is 0 Å². The van der Waals surface area contributed by atoms with Crippen molar-refractivity contribution < 1.29 is 0 Å². The summed E-state index contributed by atoms with van der Waals surface area (Å²) in [4.78, 5) is 0. The summed E-state index contributed by atoms with van der Waals surface area (Å²) in [6, 6.07) is 8.30.